The summed E-state index contributed by atoms with van der Waals surface area (Å²) in [6.07, 6.45) is 2.11. The topological polar surface area (TPSA) is 74.9 Å². The molecular weight excluding hydrogens is 382 g/mol. The van der Waals surface area contributed by atoms with E-state index in [0.717, 1.165) is 43.0 Å². The Bertz CT molecular complexity index is 967. The van der Waals surface area contributed by atoms with E-state index in [1.54, 1.807) is 12.1 Å². The second-order valence-electron chi connectivity index (χ2n) is 8.90. The van der Waals surface area contributed by atoms with E-state index >= 15 is 0 Å². The van der Waals surface area contributed by atoms with Gasteiger partial charge in [-0.25, -0.2) is 4.79 Å². The first kappa shape index (κ1) is 20.3. The van der Waals surface area contributed by atoms with Crippen molar-refractivity contribution >= 4 is 23.4 Å². The lowest BCUT2D eigenvalue weighted by molar-refractivity contribution is 0.00693. The number of benzene rings is 1. The number of rotatable bonds is 3. The Hall–Kier alpha value is -2.96. The van der Waals surface area contributed by atoms with Crippen molar-refractivity contribution in [2.24, 2.45) is 0 Å². The maximum Gasteiger partial charge on any atom is 0.338 e. The van der Waals surface area contributed by atoms with Gasteiger partial charge in [0.1, 0.15) is 17.9 Å². The molecule has 1 fully saturated rings. The summed E-state index contributed by atoms with van der Waals surface area (Å²) in [6, 6.07) is 7.35. The van der Waals surface area contributed by atoms with Crippen LogP contribution in [-0.2, 0) is 4.74 Å². The minimum absolute atomic E-state index is 0.0162. The number of nitrogens with zero attached hydrogens (tertiary/aromatic N) is 2. The molecule has 0 unspecified atom stereocenters. The lowest BCUT2D eigenvalue weighted by Crippen LogP contribution is -2.29. The number of hydrogen-bond donors (Lipinski definition) is 1. The average Bonchev–Trinajstić information content (AvgIpc) is 3.35. The van der Waals surface area contributed by atoms with Crippen LogP contribution < -0.4 is 9.64 Å². The van der Waals surface area contributed by atoms with E-state index in [4.69, 9.17) is 9.47 Å². The molecule has 7 nitrogen and oxygen atoms in total. The van der Waals surface area contributed by atoms with Crippen molar-refractivity contribution in [3.8, 4) is 5.75 Å². The third-order valence-electron chi connectivity index (χ3n) is 5.35. The fourth-order valence-electron chi connectivity index (χ4n) is 3.96. The van der Waals surface area contributed by atoms with Crippen LogP contribution in [0.1, 0.15) is 60.0 Å². The standard InChI is InChI=1S/C23H29N3O4/c1-15-13-16(22(28)30-23(2,3)4)7-8-18(15)26-11-12-29-19-14-17(24-20(19)26)21(27)25-9-5-6-10-25/h7-8,13-14,24H,5-6,9-12H2,1-4H3. The lowest BCUT2D eigenvalue weighted by Gasteiger charge is -2.30. The van der Waals surface area contributed by atoms with Gasteiger partial charge in [-0.3, -0.25) is 4.79 Å². The van der Waals surface area contributed by atoms with Gasteiger partial charge in [0.25, 0.3) is 5.91 Å². The molecule has 30 heavy (non-hydrogen) atoms. The number of amides is 1. The number of nitrogens with one attached hydrogen (secondary N) is 1. The van der Waals surface area contributed by atoms with Gasteiger partial charge < -0.3 is 24.3 Å². The predicted molar refractivity (Wildman–Crippen MR) is 115 cm³/mol. The van der Waals surface area contributed by atoms with Gasteiger partial charge in [0.05, 0.1) is 12.1 Å². The lowest BCUT2D eigenvalue weighted by atomic mass is 10.1. The molecule has 0 bridgehead atoms. The van der Waals surface area contributed by atoms with Crippen LogP contribution in [0.3, 0.4) is 0 Å². The van der Waals surface area contributed by atoms with Crippen molar-refractivity contribution in [2.45, 2.75) is 46.1 Å². The van der Waals surface area contributed by atoms with Gasteiger partial charge in [0.15, 0.2) is 11.6 Å². The van der Waals surface area contributed by atoms with Crippen molar-refractivity contribution in [3.05, 3.63) is 41.1 Å². The zero-order valence-electron chi connectivity index (χ0n) is 18.1. The van der Waals surface area contributed by atoms with Crippen LogP contribution in [0.15, 0.2) is 24.3 Å². The average molecular weight is 412 g/mol. The van der Waals surface area contributed by atoms with Crippen LogP contribution in [0.4, 0.5) is 11.5 Å². The molecule has 3 heterocycles. The van der Waals surface area contributed by atoms with Gasteiger partial charge in [-0.1, -0.05) is 0 Å². The number of aromatic nitrogens is 1. The zero-order chi connectivity index (χ0) is 21.5. The molecule has 0 aliphatic carbocycles. The highest BCUT2D eigenvalue weighted by Gasteiger charge is 2.28. The third kappa shape index (κ3) is 4.01. The second-order valence-corrected chi connectivity index (χ2v) is 8.90. The fraction of sp³-hybridized carbons (Fsp3) is 0.478. The monoisotopic (exact) mass is 411 g/mol. The molecule has 2 aromatic rings. The molecule has 7 heteroatoms. The molecule has 2 aliphatic rings. The quantitative estimate of drug-likeness (QED) is 0.772. The first-order valence-corrected chi connectivity index (χ1v) is 10.5. The molecule has 0 radical (unpaired) electrons. The van der Waals surface area contributed by atoms with Gasteiger partial charge in [0.2, 0.25) is 0 Å². The first-order chi connectivity index (χ1) is 14.2. The van der Waals surface area contributed by atoms with E-state index in [9.17, 15) is 9.59 Å². The number of esters is 1. The Kier molecular flexibility index (Phi) is 5.22. The number of fused-ring (bicyclic) bond motifs is 1. The van der Waals surface area contributed by atoms with Gasteiger partial charge >= 0.3 is 5.97 Å². The second kappa shape index (κ2) is 7.70. The van der Waals surface area contributed by atoms with E-state index < -0.39 is 5.60 Å². The van der Waals surface area contributed by atoms with Crippen molar-refractivity contribution in [3.63, 3.8) is 0 Å². The SMILES string of the molecule is Cc1cc(C(=O)OC(C)(C)C)ccc1N1CCOc2cc(C(=O)N3CCCC3)[nH]c21. The normalized spacial score (nSPS) is 16.3. The molecule has 1 aromatic heterocycles. The summed E-state index contributed by atoms with van der Waals surface area (Å²) in [5.41, 5.74) is 2.46. The molecular formula is C23H29N3O4. The van der Waals surface area contributed by atoms with Crippen LogP contribution in [0.5, 0.6) is 5.75 Å². The van der Waals surface area contributed by atoms with Crippen molar-refractivity contribution in [2.75, 3.05) is 31.1 Å². The van der Waals surface area contributed by atoms with Crippen molar-refractivity contribution in [1.82, 2.24) is 9.88 Å². The Labute approximate surface area is 177 Å². The smallest absolute Gasteiger partial charge is 0.338 e. The number of hydrogen-bond acceptors (Lipinski definition) is 5. The molecule has 160 valence electrons. The molecule has 2 aliphatic heterocycles. The van der Waals surface area contributed by atoms with E-state index in [-0.39, 0.29) is 11.9 Å². The summed E-state index contributed by atoms with van der Waals surface area (Å²) in [5.74, 6) is 1.14. The number of likely N-dealkylation sites (tertiary alicyclic amines) is 1. The first-order valence-electron chi connectivity index (χ1n) is 10.5. The van der Waals surface area contributed by atoms with Gasteiger partial charge in [-0.15, -0.1) is 0 Å². The number of H-pyrrole nitrogens is 1. The summed E-state index contributed by atoms with van der Waals surface area (Å²) < 4.78 is 11.3. The number of carbonyl (C=O) groups excluding carboxylic acids is 2. The maximum atomic E-state index is 12.8. The van der Waals surface area contributed by atoms with Gasteiger partial charge in [-0.05, 0) is 64.3 Å². The number of aromatic amines is 1. The van der Waals surface area contributed by atoms with Crippen LogP contribution in [-0.4, -0.2) is 53.6 Å². The summed E-state index contributed by atoms with van der Waals surface area (Å²) in [4.78, 5) is 32.4. The number of carbonyl (C=O) groups is 2. The minimum Gasteiger partial charge on any atom is -0.488 e. The Balaban J connectivity index is 1.60. The highest BCUT2D eigenvalue weighted by molar-refractivity contribution is 5.95. The molecule has 1 saturated heterocycles. The Morgan fingerprint density at radius 2 is 1.83 bits per heavy atom. The van der Waals surface area contributed by atoms with E-state index in [1.807, 2.05) is 44.7 Å². The largest absolute Gasteiger partial charge is 0.488 e. The highest BCUT2D eigenvalue weighted by Crippen LogP contribution is 2.38. The highest BCUT2D eigenvalue weighted by atomic mass is 16.6. The molecule has 0 spiro atoms. The maximum absolute atomic E-state index is 12.8. The predicted octanol–water partition coefficient (Wildman–Crippen LogP) is 4.04. The fourth-order valence-corrected chi connectivity index (χ4v) is 3.96. The number of anilines is 2. The van der Waals surface area contributed by atoms with E-state index in [0.29, 0.717) is 30.2 Å². The molecule has 0 saturated carbocycles. The summed E-state index contributed by atoms with van der Waals surface area (Å²) in [7, 11) is 0. The molecule has 0 atom stereocenters. The Morgan fingerprint density at radius 1 is 1.10 bits per heavy atom. The molecule has 4 rings (SSSR count). The van der Waals surface area contributed by atoms with Gasteiger partial charge in [-0.2, -0.15) is 0 Å². The molecule has 1 amide bonds. The van der Waals surface area contributed by atoms with E-state index in [1.165, 1.54) is 0 Å². The van der Waals surface area contributed by atoms with Crippen LogP contribution in [0.2, 0.25) is 0 Å². The minimum atomic E-state index is -0.536. The van der Waals surface area contributed by atoms with Crippen molar-refractivity contribution in [1.29, 1.82) is 0 Å². The summed E-state index contributed by atoms with van der Waals surface area (Å²) in [6.45, 7) is 10.3. The molecule has 1 N–H and O–H groups in total. The van der Waals surface area contributed by atoms with E-state index in [2.05, 4.69) is 9.88 Å². The number of aryl methyl sites for hydroxylation is 1. The van der Waals surface area contributed by atoms with Crippen LogP contribution in [0, 0.1) is 6.92 Å². The van der Waals surface area contributed by atoms with Gasteiger partial charge in [0, 0.05) is 24.8 Å². The van der Waals surface area contributed by atoms with Crippen molar-refractivity contribution < 1.29 is 19.1 Å². The van der Waals surface area contributed by atoms with Crippen LogP contribution in [0.25, 0.3) is 0 Å². The summed E-state index contributed by atoms with van der Waals surface area (Å²) >= 11 is 0. The van der Waals surface area contributed by atoms with Crippen LogP contribution >= 0.6 is 0 Å². The Morgan fingerprint density at radius 3 is 2.50 bits per heavy atom. The summed E-state index contributed by atoms with van der Waals surface area (Å²) in [5, 5.41) is 0. The number of ether oxygens (including phenoxy) is 2. The third-order valence-corrected chi connectivity index (χ3v) is 5.35. The molecule has 1 aromatic carbocycles. The zero-order valence-corrected chi connectivity index (χ0v) is 18.1.